The minimum Gasteiger partial charge on any atom is -0.497 e. The smallest absolute Gasteiger partial charge is 0.267 e. The minimum atomic E-state index is -0.256. The molecule has 0 radical (unpaired) electrons. The van der Waals surface area contributed by atoms with E-state index in [9.17, 15) is 9.59 Å². The van der Waals surface area contributed by atoms with E-state index >= 15 is 0 Å². The summed E-state index contributed by atoms with van der Waals surface area (Å²) in [6, 6.07) is 13.2. The van der Waals surface area contributed by atoms with E-state index in [1.165, 1.54) is 27.8 Å². The lowest BCUT2D eigenvalue weighted by molar-refractivity contribution is -0.116. The van der Waals surface area contributed by atoms with Gasteiger partial charge in [-0.05, 0) is 50.6 Å². The molecule has 2 amide bonds. The Kier molecular flexibility index (Phi) is 6.74. The van der Waals surface area contributed by atoms with Gasteiger partial charge in [-0.15, -0.1) is 11.3 Å². The van der Waals surface area contributed by atoms with Crippen LogP contribution in [0.25, 0.3) is 10.6 Å². The molecule has 2 heterocycles. The summed E-state index contributed by atoms with van der Waals surface area (Å²) in [4.78, 5) is 30.3. The molecule has 0 unspecified atom stereocenters. The summed E-state index contributed by atoms with van der Waals surface area (Å²) in [5.74, 6) is 0.221. The van der Waals surface area contributed by atoms with Gasteiger partial charge in [0.1, 0.15) is 22.2 Å². The third-order valence-electron chi connectivity index (χ3n) is 5.19. The number of ether oxygens (including phenoxy) is 1. The van der Waals surface area contributed by atoms with Crippen LogP contribution in [0, 0.1) is 20.8 Å². The first-order chi connectivity index (χ1) is 16.3. The zero-order chi connectivity index (χ0) is 24.2. The van der Waals surface area contributed by atoms with E-state index in [0.717, 1.165) is 16.1 Å². The molecule has 0 saturated carbocycles. The third-order valence-corrected chi connectivity index (χ3v) is 6.38. The van der Waals surface area contributed by atoms with Gasteiger partial charge >= 0.3 is 0 Å². The van der Waals surface area contributed by atoms with Gasteiger partial charge in [0.15, 0.2) is 0 Å². The number of aromatic nitrogens is 3. The Bertz CT molecular complexity index is 1340. The number of rotatable bonds is 7. The number of carbonyl (C=O) groups is 2. The summed E-state index contributed by atoms with van der Waals surface area (Å²) in [5.41, 5.74) is 5.16. The average Bonchev–Trinajstić information content (AvgIpc) is 3.40. The Labute approximate surface area is 201 Å². The summed E-state index contributed by atoms with van der Waals surface area (Å²) in [6.45, 7) is 5.92. The van der Waals surface area contributed by atoms with Crippen molar-refractivity contribution in [3.63, 3.8) is 0 Å². The maximum absolute atomic E-state index is 12.9. The molecule has 2 aromatic carbocycles. The zero-order valence-electron chi connectivity index (χ0n) is 19.4. The maximum Gasteiger partial charge on any atom is 0.267 e. The van der Waals surface area contributed by atoms with Gasteiger partial charge in [0, 0.05) is 17.4 Å². The Morgan fingerprint density at radius 1 is 1.03 bits per heavy atom. The number of thiazole rings is 1. The van der Waals surface area contributed by atoms with Gasteiger partial charge in [0.05, 0.1) is 24.7 Å². The van der Waals surface area contributed by atoms with Gasteiger partial charge in [-0.3, -0.25) is 14.3 Å². The largest absolute Gasteiger partial charge is 0.497 e. The number of nitrogens with one attached hydrogen (secondary N) is 2. The third kappa shape index (κ3) is 5.32. The zero-order valence-corrected chi connectivity index (χ0v) is 20.2. The molecule has 4 aromatic rings. The Balaban J connectivity index is 1.39. The number of amides is 2. The first-order valence-electron chi connectivity index (χ1n) is 10.6. The molecule has 9 heteroatoms. The molecule has 0 fully saturated rings. The van der Waals surface area contributed by atoms with Gasteiger partial charge in [-0.1, -0.05) is 23.8 Å². The van der Waals surface area contributed by atoms with E-state index in [1.807, 2.05) is 32.9 Å². The number of methoxy groups -OCH3 is 1. The summed E-state index contributed by atoms with van der Waals surface area (Å²) >= 11 is 1.36. The van der Waals surface area contributed by atoms with Crippen molar-refractivity contribution in [3.8, 4) is 16.3 Å². The molecule has 0 aliphatic heterocycles. The fraction of sp³-hybridized carbons (Fsp3) is 0.200. The van der Waals surface area contributed by atoms with Crippen LogP contribution in [0.2, 0.25) is 0 Å². The monoisotopic (exact) mass is 475 g/mol. The number of carbonyl (C=O) groups excluding carboxylic acids is 2. The number of benzene rings is 2. The Morgan fingerprint density at radius 2 is 1.79 bits per heavy atom. The topological polar surface area (TPSA) is 98.1 Å². The quantitative estimate of drug-likeness (QED) is 0.399. The van der Waals surface area contributed by atoms with Crippen LogP contribution in [0.15, 0.2) is 54.9 Å². The van der Waals surface area contributed by atoms with Crippen molar-refractivity contribution in [1.82, 2.24) is 14.8 Å². The van der Waals surface area contributed by atoms with Crippen LogP contribution < -0.4 is 15.4 Å². The lowest BCUT2D eigenvalue weighted by Crippen LogP contribution is -2.19. The molecule has 2 N–H and O–H groups in total. The van der Waals surface area contributed by atoms with Crippen molar-refractivity contribution in [2.75, 3.05) is 17.7 Å². The van der Waals surface area contributed by atoms with Crippen molar-refractivity contribution in [3.05, 3.63) is 76.6 Å². The lowest BCUT2D eigenvalue weighted by Gasteiger charge is -2.06. The van der Waals surface area contributed by atoms with Crippen molar-refractivity contribution in [2.24, 2.45) is 0 Å². The first-order valence-corrected chi connectivity index (χ1v) is 11.5. The van der Waals surface area contributed by atoms with Gasteiger partial charge in [-0.25, -0.2) is 4.98 Å². The molecule has 8 nitrogen and oxygen atoms in total. The summed E-state index contributed by atoms with van der Waals surface area (Å²) in [5, 5.41) is 10.6. The summed E-state index contributed by atoms with van der Waals surface area (Å²) in [7, 11) is 1.59. The molecule has 0 atom stereocenters. The number of nitrogens with zero attached hydrogens (tertiary/aromatic N) is 3. The lowest BCUT2D eigenvalue weighted by atomic mass is 10.1. The molecule has 4 rings (SSSR count). The van der Waals surface area contributed by atoms with E-state index in [4.69, 9.17) is 4.74 Å². The highest BCUT2D eigenvalue weighted by Crippen LogP contribution is 2.31. The number of hydrogen-bond acceptors (Lipinski definition) is 6. The van der Waals surface area contributed by atoms with Crippen molar-refractivity contribution in [2.45, 2.75) is 27.3 Å². The second-order valence-corrected chi connectivity index (χ2v) is 8.91. The molecule has 0 aliphatic carbocycles. The predicted molar refractivity (Wildman–Crippen MR) is 134 cm³/mol. The van der Waals surface area contributed by atoms with Crippen molar-refractivity contribution in [1.29, 1.82) is 0 Å². The fourth-order valence-electron chi connectivity index (χ4n) is 3.50. The Morgan fingerprint density at radius 3 is 2.50 bits per heavy atom. The van der Waals surface area contributed by atoms with E-state index in [-0.39, 0.29) is 18.4 Å². The van der Waals surface area contributed by atoms with Crippen molar-refractivity contribution < 1.29 is 14.3 Å². The van der Waals surface area contributed by atoms with Gasteiger partial charge < -0.3 is 15.4 Å². The maximum atomic E-state index is 12.9. The molecule has 34 heavy (non-hydrogen) atoms. The molecular formula is C25H25N5O3S. The van der Waals surface area contributed by atoms with Crippen LogP contribution in [0.5, 0.6) is 5.75 Å². The molecule has 2 aromatic heterocycles. The van der Waals surface area contributed by atoms with Crippen molar-refractivity contribution >= 4 is 34.5 Å². The highest BCUT2D eigenvalue weighted by molar-refractivity contribution is 7.17. The fourth-order valence-corrected chi connectivity index (χ4v) is 4.55. The van der Waals surface area contributed by atoms with E-state index in [1.54, 1.807) is 37.6 Å². The van der Waals surface area contributed by atoms with Crippen LogP contribution in [0.3, 0.4) is 0 Å². The minimum absolute atomic E-state index is 0.0122. The average molecular weight is 476 g/mol. The second-order valence-electron chi connectivity index (χ2n) is 7.91. The van der Waals surface area contributed by atoms with E-state index in [2.05, 4.69) is 26.8 Å². The Hall–Kier alpha value is -3.98. The SMILES string of the molecule is COc1ccc(NC(=O)Cn2cc(NC(=O)c3sc(-c4ccc(C)cc4C)nc3C)cn2)cc1. The highest BCUT2D eigenvalue weighted by atomic mass is 32.1. The number of hydrogen-bond donors (Lipinski definition) is 2. The van der Waals surface area contributed by atoms with Crippen LogP contribution in [-0.4, -0.2) is 33.7 Å². The van der Waals surface area contributed by atoms with Crippen LogP contribution in [0.1, 0.15) is 26.5 Å². The summed E-state index contributed by atoms with van der Waals surface area (Å²) < 4.78 is 6.58. The summed E-state index contributed by atoms with van der Waals surface area (Å²) in [6.07, 6.45) is 3.13. The van der Waals surface area contributed by atoms with Crippen LogP contribution >= 0.6 is 11.3 Å². The standard InChI is InChI=1S/C25H25N5O3S/c1-15-5-10-21(16(2)11-15)25-27-17(3)23(34-25)24(32)29-19-12-26-30(13-19)14-22(31)28-18-6-8-20(33-4)9-7-18/h5-13H,14H2,1-4H3,(H,28,31)(H,29,32). The van der Waals surface area contributed by atoms with Gasteiger partial charge in [-0.2, -0.15) is 5.10 Å². The van der Waals surface area contributed by atoms with E-state index in [0.29, 0.717) is 27.7 Å². The van der Waals surface area contributed by atoms with Crippen LogP contribution in [0.4, 0.5) is 11.4 Å². The molecule has 0 saturated heterocycles. The highest BCUT2D eigenvalue weighted by Gasteiger charge is 2.18. The molecule has 0 bridgehead atoms. The van der Waals surface area contributed by atoms with Gasteiger partial charge in [0.25, 0.3) is 5.91 Å². The first kappa shape index (κ1) is 23.2. The molecule has 0 spiro atoms. The number of anilines is 2. The molecule has 174 valence electrons. The second kappa shape index (κ2) is 9.88. The van der Waals surface area contributed by atoms with Gasteiger partial charge in [0.2, 0.25) is 5.91 Å². The molecule has 0 aliphatic rings. The predicted octanol–water partition coefficient (Wildman–Crippen LogP) is 4.83. The van der Waals surface area contributed by atoms with E-state index < -0.39 is 0 Å². The molecular weight excluding hydrogens is 450 g/mol. The van der Waals surface area contributed by atoms with Crippen LogP contribution in [-0.2, 0) is 11.3 Å². The number of aryl methyl sites for hydroxylation is 3. The normalized spacial score (nSPS) is 10.7.